The summed E-state index contributed by atoms with van der Waals surface area (Å²) in [5.74, 6) is 2.61. The van der Waals surface area contributed by atoms with E-state index in [4.69, 9.17) is 4.74 Å². The number of nitrogens with one attached hydrogen (secondary N) is 2. The van der Waals surface area contributed by atoms with Gasteiger partial charge in [0.15, 0.2) is 5.96 Å². The van der Waals surface area contributed by atoms with Gasteiger partial charge in [-0.05, 0) is 30.9 Å². The molecule has 0 unspecified atom stereocenters. The lowest BCUT2D eigenvalue weighted by Gasteiger charge is -2.12. The minimum absolute atomic E-state index is 0. The van der Waals surface area contributed by atoms with Gasteiger partial charge in [0, 0.05) is 13.6 Å². The fraction of sp³-hybridized carbons (Fsp3) is 0.500. The van der Waals surface area contributed by atoms with Crippen LogP contribution in [0, 0.1) is 5.92 Å². The molecule has 0 spiro atoms. The van der Waals surface area contributed by atoms with Crippen molar-refractivity contribution in [3.05, 3.63) is 30.3 Å². The van der Waals surface area contributed by atoms with E-state index in [-0.39, 0.29) is 24.0 Å². The second-order valence-corrected chi connectivity index (χ2v) is 4.48. The Bertz CT molecular complexity index is 380. The second kappa shape index (κ2) is 9.01. The molecule has 1 saturated carbocycles. The zero-order chi connectivity index (χ0) is 12.6. The van der Waals surface area contributed by atoms with Crippen LogP contribution in [0.5, 0.6) is 5.75 Å². The van der Waals surface area contributed by atoms with Crippen LogP contribution in [-0.2, 0) is 0 Å². The van der Waals surface area contributed by atoms with E-state index in [0.29, 0.717) is 6.61 Å². The number of aliphatic imine (C=N–C) groups is 1. The Morgan fingerprint density at radius 2 is 2.00 bits per heavy atom. The van der Waals surface area contributed by atoms with Crippen LogP contribution in [-0.4, -0.2) is 32.7 Å². The predicted octanol–water partition coefficient (Wildman–Crippen LogP) is 2.26. The van der Waals surface area contributed by atoms with Crippen molar-refractivity contribution in [3.8, 4) is 5.75 Å². The number of rotatable bonds is 6. The first-order chi connectivity index (χ1) is 8.88. The number of hydrogen-bond donors (Lipinski definition) is 2. The summed E-state index contributed by atoms with van der Waals surface area (Å²) in [6.45, 7) is 2.41. The third-order valence-corrected chi connectivity index (χ3v) is 2.89. The molecule has 1 aromatic carbocycles. The smallest absolute Gasteiger partial charge is 0.191 e. The van der Waals surface area contributed by atoms with Crippen molar-refractivity contribution in [2.75, 3.05) is 26.7 Å². The fourth-order valence-corrected chi connectivity index (χ4v) is 1.64. The van der Waals surface area contributed by atoms with Gasteiger partial charge in [0.25, 0.3) is 0 Å². The van der Waals surface area contributed by atoms with Gasteiger partial charge in [-0.15, -0.1) is 24.0 Å². The lowest BCUT2D eigenvalue weighted by atomic mass is 10.3. The molecule has 0 aromatic heterocycles. The van der Waals surface area contributed by atoms with Crippen molar-refractivity contribution in [3.63, 3.8) is 0 Å². The van der Waals surface area contributed by atoms with E-state index in [0.717, 1.165) is 30.7 Å². The van der Waals surface area contributed by atoms with Crippen molar-refractivity contribution in [2.45, 2.75) is 12.8 Å². The van der Waals surface area contributed by atoms with Gasteiger partial charge in [-0.1, -0.05) is 18.2 Å². The highest BCUT2D eigenvalue weighted by Gasteiger charge is 2.20. The summed E-state index contributed by atoms with van der Waals surface area (Å²) in [4.78, 5) is 4.17. The first-order valence-electron chi connectivity index (χ1n) is 6.51. The molecule has 1 fully saturated rings. The number of nitrogens with zero attached hydrogens (tertiary/aromatic N) is 1. The van der Waals surface area contributed by atoms with Crippen LogP contribution in [0.4, 0.5) is 0 Å². The Hall–Kier alpha value is -0.980. The molecule has 2 N–H and O–H groups in total. The summed E-state index contributed by atoms with van der Waals surface area (Å²) in [5, 5.41) is 6.55. The third-order valence-electron chi connectivity index (χ3n) is 2.89. The molecule has 106 valence electrons. The predicted molar refractivity (Wildman–Crippen MR) is 89.4 cm³/mol. The van der Waals surface area contributed by atoms with Gasteiger partial charge in [-0.3, -0.25) is 4.99 Å². The van der Waals surface area contributed by atoms with Crippen LogP contribution in [0.1, 0.15) is 12.8 Å². The lowest BCUT2D eigenvalue weighted by molar-refractivity contribution is 0.322. The average Bonchev–Trinajstić information content (AvgIpc) is 3.23. The number of ether oxygens (including phenoxy) is 1. The highest BCUT2D eigenvalue weighted by atomic mass is 127. The second-order valence-electron chi connectivity index (χ2n) is 4.48. The van der Waals surface area contributed by atoms with Crippen molar-refractivity contribution in [1.29, 1.82) is 0 Å². The van der Waals surface area contributed by atoms with Gasteiger partial charge in [-0.2, -0.15) is 0 Å². The van der Waals surface area contributed by atoms with Gasteiger partial charge < -0.3 is 15.4 Å². The highest BCUT2D eigenvalue weighted by Crippen LogP contribution is 2.27. The van der Waals surface area contributed by atoms with Crippen molar-refractivity contribution in [2.24, 2.45) is 10.9 Å². The van der Waals surface area contributed by atoms with E-state index in [2.05, 4.69) is 15.6 Å². The van der Waals surface area contributed by atoms with E-state index in [1.807, 2.05) is 30.3 Å². The number of halogens is 1. The van der Waals surface area contributed by atoms with E-state index < -0.39 is 0 Å². The summed E-state index contributed by atoms with van der Waals surface area (Å²) in [7, 11) is 1.79. The van der Waals surface area contributed by atoms with Crippen LogP contribution in [0.2, 0.25) is 0 Å². The third kappa shape index (κ3) is 6.66. The molecular weight excluding hydrogens is 353 g/mol. The molecule has 2 rings (SSSR count). The minimum Gasteiger partial charge on any atom is -0.492 e. The van der Waals surface area contributed by atoms with Gasteiger partial charge >= 0.3 is 0 Å². The maximum atomic E-state index is 5.59. The van der Waals surface area contributed by atoms with Gasteiger partial charge in [0.1, 0.15) is 12.4 Å². The molecule has 19 heavy (non-hydrogen) atoms. The largest absolute Gasteiger partial charge is 0.492 e. The molecule has 1 aromatic rings. The van der Waals surface area contributed by atoms with E-state index in [1.165, 1.54) is 12.8 Å². The lowest BCUT2D eigenvalue weighted by Crippen LogP contribution is -2.40. The first kappa shape index (κ1) is 16.1. The Labute approximate surface area is 132 Å². The van der Waals surface area contributed by atoms with Crippen molar-refractivity contribution >= 4 is 29.9 Å². The van der Waals surface area contributed by atoms with E-state index >= 15 is 0 Å². The topological polar surface area (TPSA) is 45.7 Å². The standard InChI is InChI=1S/C14H21N3O.HI/c1-15-14(17-11-12-7-8-12)16-9-10-18-13-5-3-2-4-6-13;/h2-6,12H,7-11H2,1H3,(H2,15,16,17);1H. The molecule has 1 aliphatic rings. The van der Waals surface area contributed by atoms with Crippen LogP contribution >= 0.6 is 24.0 Å². The summed E-state index contributed by atoms with van der Waals surface area (Å²) in [6, 6.07) is 9.84. The zero-order valence-corrected chi connectivity index (χ0v) is 13.6. The molecular formula is C14H22IN3O. The monoisotopic (exact) mass is 375 g/mol. The van der Waals surface area contributed by atoms with E-state index in [1.54, 1.807) is 7.05 Å². The maximum Gasteiger partial charge on any atom is 0.191 e. The summed E-state index contributed by atoms with van der Waals surface area (Å²) in [6.07, 6.45) is 2.70. The molecule has 5 heteroatoms. The number of hydrogen-bond acceptors (Lipinski definition) is 2. The zero-order valence-electron chi connectivity index (χ0n) is 11.3. The minimum atomic E-state index is 0. The van der Waals surface area contributed by atoms with Gasteiger partial charge in [0.05, 0.1) is 6.54 Å². The van der Waals surface area contributed by atoms with Crippen molar-refractivity contribution < 1.29 is 4.74 Å². The van der Waals surface area contributed by atoms with E-state index in [9.17, 15) is 0 Å². The van der Waals surface area contributed by atoms with Gasteiger partial charge in [0.2, 0.25) is 0 Å². The Balaban J connectivity index is 0.00000180. The quantitative estimate of drug-likeness (QED) is 0.347. The molecule has 0 radical (unpaired) electrons. The summed E-state index contributed by atoms with van der Waals surface area (Å²) >= 11 is 0. The maximum absolute atomic E-state index is 5.59. The molecule has 1 aliphatic carbocycles. The van der Waals surface area contributed by atoms with Crippen LogP contribution in [0.25, 0.3) is 0 Å². The van der Waals surface area contributed by atoms with Crippen LogP contribution in [0.15, 0.2) is 35.3 Å². The molecule has 4 nitrogen and oxygen atoms in total. The highest BCUT2D eigenvalue weighted by molar-refractivity contribution is 14.0. The van der Waals surface area contributed by atoms with Crippen LogP contribution < -0.4 is 15.4 Å². The molecule has 0 aliphatic heterocycles. The van der Waals surface area contributed by atoms with Crippen LogP contribution in [0.3, 0.4) is 0 Å². The summed E-state index contributed by atoms with van der Waals surface area (Å²) < 4.78 is 5.59. The van der Waals surface area contributed by atoms with Gasteiger partial charge in [-0.25, -0.2) is 0 Å². The fourth-order valence-electron chi connectivity index (χ4n) is 1.64. The molecule has 0 amide bonds. The SMILES string of the molecule is CN=C(NCCOc1ccccc1)NCC1CC1.I. The average molecular weight is 375 g/mol. The molecule has 0 atom stereocenters. The number of para-hydroxylation sites is 1. The van der Waals surface area contributed by atoms with Crippen molar-refractivity contribution in [1.82, 2.24) is 10.6 Å². The molecule has 0 bridgehead atoms. The number of guanidine groups is 1. The Morgan fingerprint density at radius 3 is 2.63 bits per heavy atom. The normalized spacial score (nSPS) is 14.5. The first-order valence-corrected chi connectivity index (χ1v) is 6.51. The number of benzene rings is 1. The Kier molecular flexibility index (Phi) is 7.62. The molecule has 0 heterocycles. The summed E-state index contributed by atoms with van der Waals surface area (Å²) in [5.41, 5.74) is 0. The molecule has 0 saturated heterocycles. The Morgan fingerprint density at radius 1 is 1.26 bits per heavy atom.